The Balaban J connectivity index is 2.38. The van der Waals surface area contributed by atoms with Gasteiger partial charge in [-0.15, -0.1) is 0 Å². The summed E-state index contributed by atoms with van der Waals surface area (Å²) in [4.78, 5) is 3.79. The number of rotatable bonds is 4. The molecule has 6 nitrogen and oxygen atoms in total. The monoisotopic (exact) mass is 365 g/mol. The Morgan fingerprint density at radius 2 is 2.26 bits per heavy atom. The molecule has 0 spiro atoms. The van der Waals surface area contributed by atoms with Crippen LogP contribution in [0.4, 0.5) is 5.82 Å². The Morgan fingerprint density at radius 1 is 1.53 bits per heavy atom. The summed E-state index contributed by atoms with van der Waals surface area (Å²) in [5.41, 5.74) is 5.39. The number of nitrogens with zero attached hydrogens (tertiary/aromatic N) is 1. The summed E-state index contributed by atoms with van der Waals surface area (Å²) >= 11 is 8.88. The van der Waals surface area contributed by atoms with Crippen molar-refractivity contribution in [2.24, 2.45) is 5.73 Å². The fraction of sp³-hybridized carbons (Fsp3) is 0.100. The summed E-state index contributed by atoms with van der Waals surface area (Å²) in [7, 11) is -3.85. The van der Waals surface area contributed by atoms with Crippen molar-refractivity contribution >= 4 is 43.4 Å². The third-order valence-electron chi connectivity index (χ3n) is 2.19. The number of pyridine rings is 1. The van der Waals surface area contributed by atoms with Crippen LogP contribution in [0.15, 0.2) is 38.4 Å². The number of furan rings is 1. The summed E-state index contributed by atoms with van der Waals surface area (Å²) in [6.07, 6.45) is 1.43. The highest BCUT2D eigenvalue weighted by Crippen LogP contribution is 2.28. The maximum Gasteiger partial charge on any atom is 0.267 e. The molecule has 0 atom stereocenters. The second-order valence-electron chi connectivity index (χ2n) is 3.49. The molecule has 0 aliphatic rings. The highest BCUT2D eigenvalue weighted by molar-refractivity contribution is 9.10. The van der Waals surface area contributed by atoms with Crippen molar-refractivity contribution in [3.05, 3.63) is 39.8 Å². The average Bonchev–Trinajstić information content (AvgIpc) is 2.74. The maximum absolute atomic E-state index is 12.2. The van der Waals surface area contributed by atoms with E-state index in [1.54, 1.807) is 6.07 Å². The molecule has 102 valence electrons. The number of hydrogen-bond donors (Lipinski definition) is 2. The van der Waals surface area contributed by atoms with Crippen LogP contribution in [-0.2, 0) is 16.6 Å². The molecule has 0 saturated heterocycles. The molecule has 2 heterocycles. The van der Waals surface area contributed by atoms with Crippen molar-refractivity contribution in [3.8, 4) is 0 Å². The quantitative estimate of drug-likeness (QED) is 0.865. The first-order valence-corrected chi connectivity index (χ1v) is 7.71. The van der Waals surface area contributed by atoms with E-state index in [9.17, 15) is 8.42 Å². The molecule has 0 bridgehead atoms. The van der Waals surface area contributed by atoms with Crippen LogP contribution in [0.5, 0.6) is 0 Å². The Kier molecular flexibility index (Phi) is 4.14. The Labute approximate surface area is 123 Å². The van der Waals surface area contributed by atoms with Crippen LogP contribution in [0.3, 0.4) is 0 Å². The number of anilines is 1. The van der Waals surface area contributed by atoms with Crippen LogP contribution in [0, 0.1) is 0 Å². The lowest BCUT2D eigenvalue weighted by Gasteiger charge is -2.06. The summed E-state index contributed by atoms with van der Waals surface area (Å²) in [6.45, 7) is 0.0957. The van der Waals surface area contributed by atoms with Crippen molar-refractivity contribution in [1.29, 1.82) is 0 Å². The van der Waals surface area contributed by atoms with Crippen molar-refractivity contribution in [2.75, 3.05) is 4.72 Å². The zero-order valence-electron chi connectivity index (χ0n) is 9.43. The minimum Gasteiger partial charge on any atom is -0.452 e. The minimum atomic E-state index is -3.85. The average molecular weight is 367 g/mol. The zero-order chi connectivity index (χ0) is 14.0. The van der Waals surface area contributed by atoms with Gasteiger partial charge < -0.3 is 10.2 Å². The minimum absolute atomic E-state index is 0.0477. The van der Waals surface area contributed by atoms with E-state index in [1.807, 2.05) is 0 Å². The summed E-state index contributed by atoms with van der Waals surface area (Å²) in [5.74, 6) is 0.394. The maximum atomic E-state index is 12.2. The van der Waals surface area contributed by atoms with Gasteiger partial charge >= 0.3 is 0 Å². The van der Waals surface area contributed by atoms with Crippen LogP contribution >= 0.6 is 27.5 Å². The van der Waals surface area contributed by atoms with Gasteiger partial charge in [-0.05, 0) is 28.1 Å². The summed E-state index contributed by atoms with van der Waals surface area (Å²) in [6, 6.07) is 4.46. The molecule has 0 unspecified atom stereocenters. The van der Waals surface area contributed by atoms with Crippen LogP contribution < -0.4 is 10.5 Å². The first kappa shape index (κ1) is 14.3. The second kappa shape index (κ2) is 5.49. The van der Waals surface area contributed by atoms with Gasteiger partial charge in [0.05, 0.1) is 11.6 Å². The van der Waals surface area contributed by atoms with Gasteiger partial charge in [0.2, 0.25) is 0 Å². The number of halogens is 2. The SMILES string of the molecule is NCc1cc(S(=O)(=O)Nc2ncccc2Cl)c(Br)o1. The van der Waals surface area contributed by atoms with Gasteiger partial charge in [-0.2, -0.15) is 0 Å². The molecule has 0 saturated carbocycles. The molecule has 9 heteroatoms. The number of sulfonamides is 1. The van der Waals surface area contributed by atoms with Gasteiger partial charge in [-0.3, -0.25) is 4.72 Å². The molecule has 0 fully saturated rings. The van der Waals surface area contributed by atoms with E-state index in [0.29, 0.717) is 5.76 Å². The highest BCUT2D eigenvalue weighted by atomic mass is 79.9. The second-order valence-corrected chi connectivity index (χ2v) is 6.27. The number of nitrogens with two attached hydrogens (primary N) is 1. The lowest BCUT2D eigenvalue weighted by molar-refractivity contribution is 0.484. The standard InChI is InChI=1S/C10H9BrClN3O3S/c11-9-8(4-6(5-13)18-9)19(16,17)15-10-7(12)2-1-3-14-10/h1-4H,5,13H2,(H,14,15). The van der Waals surface area contributed by atoms with Gasteiger partial charge in [-0.25, -0.2) is 13.4 Å². The smallest absolute Gasteiger partial charge is 0.267 e. The van der Waals surface area contributed by atoms with E-state index < -0.39 is 10.0 Å². The van der Waals surface area contributed by atoms with E-state index in [4.69, 9.17) is 21.8 Å². The largest absolute Gasteiger partial charge is 0.452 e. The zero-order valence-corrected chi connectivity index (χ0v) is 12.6. The van der Waals surface area contributed by atoms with Gasteiger partial charge in [0.15, 0.2) is 10.5 Å². The van der Waals surface area contributed by atoms with Crippen LogP contribution in [0.2, 0.25) is 5.02 Å². The lowest BCUT2D eigenvalue weighted by atomic mass is 10.5. The van der Waals surface area contributed by atoms with E-state index in [2.05, 4.69) is 25.6 Å². The predicted octanol–water partition coefficient (Wildman–Crippen LogP) is 2.35. The van der Waals surface area contributed by atoms with Gasteiger partial charge in [0, 0.05) is 12.3 Å². The number of nitrogens with one attached hydrogen (secondary N) is 1. The van der Waals surface area contributed by atoms with Crippen LogP contribution in [0.25, 0.3) is 0 Å². The van der Waals surface area contributed by atoms with E-state index in [0.717, 1.165) is 0 Å². The van der Waals surface area contributed by atoms with E-state index in [-0.39, 0.29) is 27.0 Å². The van der Waals surface area contributed by atoms with Crippen molar-refractivity contribution < 1.29 is 12.8 Å². The molecule has 2 aromatic heterocycles. The first-order chi connectivity index (χ1) is 8.94. The molecule has 19 heavy (non-hydrogen) atoms. The Hall–Kier alpha value is -1.09. The molecule has 0 aromatic carbocycles. The van der Waals surface area contributed by atoms with E-state index in [1.165, 1.54) is 18.3 Å². The van der Waals surface area contributed by atoms with Gasteiger partial charge in [-0.1, -0.05) is 11.6 Å². The molecule has 2 rings (SSSR count). The Bertz CT molecular complexity index is 702. The molecule has 3 N–H and O–H groups in total. The summed E-state index contributed by atoms with van der Waals surface area (Å²) < 4.78 is 31.8. The van der Waals surface area contributed by atoms with E-state index >= 15 is 0 Å². The van der Waals surface area contributed by atoms with Gasteiger partial charge in [0.25, 0.3) is 10.0 Å². The molecule has 0 aliphatic heterocycles. The Morgan fingerprint density at radius 3 is 2.84 bits per heavy atom. The molecular weight excluding hydrogens is 358 g/mol. The molecular formula is C10H9BrClN3O3S. The van der Waals surface area contributed by atoms with Gasteiger partial charge in [0.1, 0.15) is 10.7 Å². The highest BCUT2D eigenvalue weighted by Gasteiger charge is 2.23. The lowest BCUT2D eigenvalue weighted by Crippen LogP contribution is -2.14. The summed E-state index contributed by atoms with van der Waals surface area (Å²) in [5, 5.41) is 0.199. The third kappa shape index (κ3) is 3.08. The molecule has 0 amide bonds. The first-order valence-electron chi connectivity index (χ1n) is 5.05. The predicted molar refractivity (Wildman–Crippen MR) is 74.4 cm³/mol. The number of hydrogen-bond acceptors (Lipinski definition) is 5. The third-order valence-corrected chi connectivity index (χ3v) is 4.69. The van der Waals surface area contributed by atoms with Crippen LogP contribution in [-0.4, -0.2) is 13.4 Å². The fourth-order valence-electron chi connectivity index (χ4n) is 1.32. The molecule has 0 radical (unpaired) electrons. The molecule has 2 aromatic rings. The molecule has 0 aliphatic carbocycles. The van der Waals surface area contributed by atoms with Crippen molar-refractivity contribution in [3.63, 3.8) is 0 Å². The number of aromatic nitrogens is 1. The van der Waals surface area contributed by atoms with Crippen molar-refractivity contribution in [1.82, 2.24) is 4.98 Å². The van der Waals surface area contributed by atoms with Crippen LogP contribution in [0.1, 0.15) is 5.76 Å². The topological polar surface area (TPSA) is 98.2 Å². The van der Waals surface area contributed by atoms with Crippen molar-refractivity contribution in [2.45, 2.75) is 11.4 Å². The normalized spacial score (nSPS) is 11.5. The fourth-order valence-corrected chi connectivity index (χ4v) is 3.58.